The molecule has 0 unspecified atom stereocenters. The van der Waals surface area contributed by atoms with E-state index in [9.17, 15) is 4.79 Å². The van der Waals surface area contributed by atoms with E-state index < -0.39 is 0 Å². The standard InChI is InChI=1S/C18H26N2O2/c19-18(21)12-14-13-20(15-6-4-5-7-15)11-10-17(14)22-16-8-2-1-3-9-16/h1-3,8-9,14-15,17H,4-7,10-13H2,(H2,19,21)/t14-,17-/m1/s1. The van der Waals surface area contributed by atoms with Crippen LogP contribution in [0.1, 0.15) is 38.5 Å². The number of piperidine rings is 1. The summed E-state index contributed by atoms with van der Waals surface area (Å²) in [6.45, 7) is 2.00. The van der Waals surface area contributed by atoms with Crippen LogP contribution in [0, 0.1) is 5.92 Å². The van der Waals surface area contributed by atoms with E-state index in [-0.39, 0.29) is 17.9 Å². The summed E-state index contributed by atoms with van der Waals surface area (Å²) in [4.78, 5) is 14.0. The number of rotatable bonds is 5. The monoisotopic (exact) mass is 302 g/mol. The Morgan fingerprint density at radius 1 is 1.18 bits per heavy atom. The van der Waals surface area contributed by atoms with Crippen LogP contribution >= 0.6 is 0 Å². The van der Waals surface area contributed by atoms with Gasteiger partial charge in [0.25, 0.3) is 0 Å². The second kappa shape index (κ2) is 7.14. The normalized spacial score (nSPS) is 26.9. The molecular weight excluding hydrogens is 276 g/mol. The molecule has 1 amide bonds. The number of amides is 1. The van der Waals surface area contributed by atoms with Gasteiger partial charge in [-0.15, -0.1) is 0 Å². The average molecular weight is 302 g/mol. The van der Waals surface area contributed by atoms with Crippen molar-refractivity contribution in [3.8, 4) is 5.75 Å². The largest absolute Gasteiger partial charge is 0.490 e. The number of likely N-dealkylation sites (tertiary alicyclic amines) is 1. The first-order chi connectivity index (χ1) is 10.7. The van der Waals surface area contributed by atoms with Gasteiger partial charge in [-0.25, -0.2) is 0 Å². The number of nitrogens with zero attached hydrogens (tertiary/aromatic N) is 1. The van der Waals surface area contributed by atoms with Crippen LogP contribution < -0.4 is 10.5 Å². The fraction of sp³-hybridized carbons (Fsp3) is 0.611. The highest BCUT2D eigenvalue weighted by atomic mass is 16.5. The second-order valence-corrected chi connectivity index (χ2v) is 6.62. The fourth-order valence-corrected chi connectivity index (χ4v) is 3.92. The Morgan fingerprint density at radius 2 is 1.91 bits per heavy atom. The van der Waals surface area contributed by atoms with Gasteiger partial charge >= 0.3 is 0 Å². The van der Waals surface area contributed by atoms with Crippen LogP contribution in [0.3, 0.4) is 0 Å². The highest BCUT2D eigenvalue weighted by molar-refractivity contribution is 5.74. The maximum absolute atomic E-state index is 11.4. The van der Waals surface area contributed by atoms with Gasteiger partial charge in [-0.1, -0.05) is 31.0 Å². The molecule has 2 fully saturated rings. The van der Waals surface area contributed by atoms with Crippen LogP contribution in [0.5, 0.6) is 5.75 Å². The van der Waals surface area contributed by atoms with Crippen LogP contribution in [0.15, 0.2) is 30.3 Å². The van der Waals surface area contributed by atoms with Gasteiger partial charge in [0, 0.05) is 31.5 Å². The van der Waals surface area contributed by atoms with Gasteiger partial charge < -0.3 is 10.5 Å². The van der Waals surface area contributed by atoms with Crippen LogP contribution in [-0.2, 0) is 4.79 Å². The number of hydrogen-bond donors (Lipinski definition) is 1. The van der Waals surface area contributed by atoms with Crippen molar-refractivity contribution >= 4 is 5.91 Å². The van der Waals surface area contributed by atoms with E-state index in [1.165, 1.54) is 25.7 Å². The fourth-order valence-electron chi connectivity index (χ4n) is 3.92. The number of benzene rings is 1. The first-order valence-corrected chi connectivity index (χ1v) is 8.46. The summed E-state index contributed by atoms with van der Waals surface area (Å²) >= 11 is 0. The molecule has 3 rings (SSSR count). The van der Waals surface area contributed by atoms with Gasteiger partial charge in [0.05, 0.1) is 0 Å². The highest BCUT2D eigenvalue weighted by Gasteiger charge is 2.35. The van der Waals surface area contributed by atoms with Gasteiger partial charge in [-0.05, 0) is 31.4 Å². The summed E-state index contributed by atoms with van der Waals surface area (Å²) in [6.07, 6.45) is 6.76. The Morgan fingerprint density at radius 3 is 2.59 bits per heavy atom. The number of carbonyl (C=O) groups is 1. The van der Waals surface area contributed by atoms with E-state index in [1.54, 1.807) is 0 Å². The Bertz CT molecular complexity index is 485. The molecule has 4 nitrogen and oxygen atoms in total. The van der Waals surface area contributed by atoms with Gasteiger partial charge in [-0.2, -0.15) is 0 Å². The lowest BCUT2D eigenvalue weighted by molar-refractivity contribution is -0.120. The minimum atomic E-state index is -0.222. The van der Waals surface area contributed by atoms with E-state index in [1.807, 2.05) is 30.3 Å². The van der Waals surface area contributed by atoms with Crippen molar-refractivity contribution in [2.24, 2.45) is 11.7 Å². The van der Waals surface area contributed by atoms with Gasteiger partial charge in [0.15, 0.2) is 0 Å². The molecule has 120 valence electrons. The summed E-state index contributed by atoms with van der Waals surface area (Å²) in [5.41, 5.74) is 5.46. The zero-order chi connectivity index (χ0) is 15.4. The quantitative estimate of drug-likeness (QED) is 0.909. The van der Waals surface area contributed by atoms with Crippen molar-refractivity contribution in [1.82, 2.24) is 4.90 Å². The van der Waals surface area contributed by atoms with Crippen molar-refractivity contribution in [3.63, 3.8) is 0 Å². The molecule has 1 saturated carbocycles. The van der Waals surface area contributed by atoms with Gasteiger partial charge in [0.2, 0.25) is 5.91 Å². The van der Waals surface area contributed by atoms with E-state index in [2.05, 4.69) is 4.90 Å². The first-order valence-electron chi connectivity index (χ1n) is 8.46. The lowest BCUT2D eigenvalue weighted by atomic mass is 9.90. The van der Waals surface area contributed by atoms with E-state index in [4.69, 9.17) is 10.5 Å². The summed E-state index contributed by atoms with van der Waals surface area (Å²) < 4.78 is 6.15. The third kappa shape index (κ3) is 3.80. The number of ether oxygens (including phenoxy) is 1. The van der Waals surface area contributed by atoms with Crippen LogP contribution in [0.4, 0.5) is 0 Å². The van der Waals surface area contributed by atoms with E-state index >= 15 is 0 Å². The van der Waals surface area contributed by atoms with Crippen LogP contribution in [-0.4, -0.2) is 36.0 Å². The Labute approximate surface area is 132 Å². The zero-order valence-electron chi connectivity index (χ0n) is 13.1. The summed E-state index contributed by atoms with van der Waals surface area (Å²) in [5, 5.41) is 0. The Hall–Kier alpha value is -1.55. The van der Waals surface area contributed by atoms with Crippen molar-refractivity contribution in [1.29, 1.82) is 0 Å². The molecule has 0 aromatic heterocycles. The number of nitrogens with two attached hydrogens (primary N) is 1. The van der Waals surface area contributed by atoms with E-state index in [0.29, 0.717) is 12.5 Å². The topological polar surface area (TPSA) is 55.6 Å². The SMILES string of the molecule is NC(=O)C[C@@H]1CN(C2CCCC2)CC[C@H]1Oc1ccccc1. The van der Waals surface area contributed by atoms with Crippen molar-refractivity contribution in [2.45, 2.75) is 50.7 Å². The molecule has 1 aromatic carbocycles. The maximum Gasteiger partial charge on any atom is 0.217 e. The van der Waals surface area contributed by atoms with Crippen molar-refractivity contribution < 1.29 is 9.53 Å². The minimum absolute atomic E-state index is 0.0903. The Balaban J connectivity index is 1.65. The second-order valence-electron chi connectivity index (χ2n) is 6.62. The van der Waals surface area contributed by atoms with Crippen molar-refractivity contribution in [3.05, 3.63) is 30.3 Å². The molecule has 2 atom stereocenters. The molecule has 1 aliphatic heterocycles. The minimum Gasteiger partial charge on any atom is -0.490 e. The molecule has 1 aliphatic carbocycles. The molecule has 0 radical (unpaired) electrons. The van der Waals surface area contributed by atoms with E-state index in [0.717, 1.165) is 25.3 Å². The van der Waals surface area contributed by atoms with Gasteiger partial charge in [-0.3, -0.25) is 9.69 Å². The molecular formula is C18H26N2O2. The lowest BCUT2D eigenvalue weighted by Gasteiger charge is -2.41. The molecule has 1 saturated heterocycles. The first kappa shape index (κ1) is 15.3. The van der Waals surface area contributed by atoms with Crippen LogP contribution in [0.25, 0.3) is 0 Å². The lowest BCUT2D eigenvalue weighted by Crippen LogP contribution is -2.49. The zero-order valence-corrected chi connectivity index (χ0v) is 13.1. The average Bonchev–Trinajstić information content (AvgIpc) is 3.04. The molecule has 1 heterocycles. The van der Waals surface area contributed by atoms with Gasteiger partial charge in [0.1, 0.15) is 11.9 Å². The molecule has 22 heavy (non-hydrogen) atoms. The number of hydrogen-bond acceptors (Lipinski definition) is 3. The third-order valence-corrected chi connectivity index (χ3v) is 5.03. The molecule has 2 N–H and O–H groups in total. The van der Waals surface area contributed by atoms with Crippen molar-refractivity contribution in [2.75, 3.05) is 13.1 Å². The molecule has 0 bridgehead atoms. The smallest absolute Gasteiger partial charge is 0.217 e. The summed E-state index contributed by atoms with van der Waals surface area (Å²) in [7, 11) is 0. The maximum atomic E-state index is 11.4. The third-order valence-electron chi connectivity index (χ3n) is 5.03. The summed E-state index contributed by atoms with van der Waals surface area (Å²) in [5.74, 6) is 0.864. The predicted molar refractivity (Wildman–Crippen MR) is 86.6 cm³/mol. The molecule has 4 heteroatoms. The van der Waals surface area contributed by atoms with Crippen LogP contribution in [0.2, 0.25) is 0 Å². The molecule has 2 aliphatic rings. The molecule has 0 spiro atoms. The Kier molecular flexibility index (Phi) is 4.98. The number of primary amides is 1. The number of carbonyl (C=O) groups excluding carboxylic acids is 1. The summed E-state index contributed by atoms with van der Waals surface area (Å²) in [6, 6.07) is 10.6. The predicted octanol–water partition coefficient (Wildman–Crippen LogP) is 2.57. The highest BCUT2D eigenvalue weighted by Crippen LogP contribution is 2.31. The number of para-hydroxylation sites is 1. The molecule has 1 aromatic rings.